The number of aromatic nitrogens is 2. The van der Waals surface area contributed by atoms with Gasteiger partial charge in [-0.15, -0.1) is 0 Å². The predicted octanol–water partition coefficient (Wildman–Crippen LogP) is 4.33. The van der Waals surface area contributed by atoms with Crippen molar-refractivity contribution in [2.24, 2.45) is 0 Å². The molecule has 0 saturated carbocycles. The van der Waals surface area contributed by atoms with Crippen LogP contribution in [0, 0.1) is 0 Å². The van der Waals surface area contributed by atoms with E-state index in [1.165, 1.54) is 14.2 Å². The Labute approximate surface area is 213 Å². The summed E-state index contributed by atoms with van der Waals surface area (Å²) in [6, 6.07) is 11.7. The minimum absolute atomic E-state index is 0.150. The number of hydrogen-bond acceptors (Lipinski definition) is 8. The van der Waals surface area contributed by atoms with Gasteiger partial charge in [0.1, 0.15) is 18.0 Å². The number of ether oxygens (including phenoxy) is 3. The lowest BCUT2D eigenvalue weighted by Crippen LogP contribution is -2.20. The number of nitrogens with one attached hydrogen (secondary N) is 2. The van der Waals surface area contributed by atoms with Gasteiger partial charge in [-0.1, -0.05) is 12.1 Å². The van der Waals surface area contributed by atoms with E-state index < -0.39 is 5.97 Å². The molecule has 0 unspecified atom stereocenters. The van der Waals surface area contributed by atoms with Gasteiger partial charge in [0.05, 0.1) is 31.8 Å². The van der Waals surface area contributed by atoms with Gasteiger partial charge in [0, 0.05) is 25.6 Å². The van der Waals surface area contributed by atoms with Crippen LogP contribution >= 0.6 is 11.3 Å². The van der Waals surface area contributed by atoms with Crippen LogP contribution in [0.25, 0.3) is 11.0 Å². The lowest BCUT2D eigenvalue weighted by molar-refractivity contribution is -0.119. The van der Waals surface area contributed by atoms with Gasteiger partial charge in [0.25, 0.3) is 0 Å². The van der Waals surface area contributed by atoms with Gasteiger partial charge in [0.15, 0.2) is 5.69 Å². The zero-order valence-corrected chi connectivity index (χ0v) is 21.2. The van der Waals surface area contributed by atoms with Crippen LogP contribution in [0.2, 0.25) is 0 Å². The van der Waals surface area contributed by atoms with E-state index in [9.17, 15) is 9.59 Å². The Balaban J connectivity index is 1.74. The number of anilines is 2. The van der Waals surface area contributed by atoms with Gasteiger partial charge < -0.3 is 29.4 Å². The highest BCUT2D eigenvalue weighted by molar-refractivity contribution is 7.07. The molecule has 3 heterocycles. The molecule has 0 saturated heterocycles. The molecule has 4 aromatic rings. The first-order valence-electron chi connectivity index (χ1n) is 11.3. The zero-order valence-electron chi connectivity index (χ0n) is 20.4. The van der Waals surface area contributed by atoms with Crippen molar-refractivity contribution in [3.8, 4) is 5.75 Å². The van der Waals surface area contributed by atoms with Crippen LogP contribution in [-0.2, 0) is 33.8 Å². The molecule has 0 atom stereocenters. The average Bonchev–Trinajstić information content (AvgIpc) is 3.52. The third-order valence-corrected chi connectivity index (χ3v) is 6.41. The quantitative estimate of drug-likeness (QED) is 0.291. The number of pyridine rings is 1. The normalized spacial score (nSPS) is 10.9. The fourth-order valence-electron chi connectivity index (χ4n) is 3.91. The number of fused-ring (bicyclic) bond motifs is 1. The van der Waals surface area contributed by atoms with Gasteiger partial charge in [0.2, 0.25) is 5.91 Å². The molecule has 0 aliphatic rings. The maximum atomic E-state index is 12.9. The second kappa shape index (κ2) is 11.7. The molecule has 0 spiro atoms. The molecule has 188 valence electrons. The van der Waals surface area contributed by atoms with E-state index in [0.29, 0.717) is 36.2 Å². The van der Waals surface area contributed by atoms with E-state index in [1.54, 1.807) is 29.2 Å². The number of carbonyl (C=O) groups excluding carboxylic acids is 2. The number of nitrogens with zero attached hydrogens (tertiary/aromatic N) is 2. The standard InChI is InChI=1S/C26H28N4O5S/c1-33-15-22(31)29-23-21-12-19(27-13-18-9-11-36-16-18)14-28-25(21)30(24(23)26(32)35-3)10-8-17-4-6-20(34-2)7-5-17/h4-7,9,11-12,14,16,27H,8,10,13,15H2,1-3H3,(H,29,31). The predicted molar refractivity (Wildman–Crippen MR) is 140 cm³/mol. The van der Waals surface area contributed by atoms with Gasteiger partial charge in [-0.2, -0.15) is 11.3 Å². The summed E-state index contributed by atoms with van der Waals surface area (Å²) in [4.78, 5) is 30.1. The number of aryl methyl sites for hydroxylation is 2. The SMILES string of the molecule is COCC(=O)Nc1c(C(=O)OC)n(CCc2ccc(OC)cc2)c2ncc(NCc3ccsc3)cc12. The first-order chi connectivity index (χ1) is 17.5. The van der Waals surface area contributed by atoms with Gasteiger partial charge in [-0.3, -0.25) is 4.79 Å². The maximum Gasteiger partial charge on any atom is 0.356 e. The van der Waals surface area contributed by atoms with Gasteiger partial charge in [-0.25, -0.2) is 9.78 Å². The molecule has 0 aliphatic heterocycles. The lowest BCUT2D eigenvalue weighted by atomic mass is 10.1. The lowest BCUT2D eigenvalue weighted by Gasteiger charge is -2.11. The minimum Gasteiger partial charge on any atom is -0.497 e. The Hall–Kier alpha value is -3.89. The van der Waals surface area contributed by atoms with Crippen molar-refractivity contribution in [2.75, 3.05) is 38.6 Å². The number of thiophene rings is 1. The number of amides is 1. The van der Waals surface area contributed by atoms with E-state index in [0.717, 1.165) is 22.6 Å². The second-order valence-corrected chi connectivity index (χ2v) is 8.81. The Morgan fingerprint density at radius 2 is 1.89 bits per heavy atom. The molecule has 9 nitrogen and oxygen atoms in total. The van der Waals surface area contributed by atoms with Crippen molar-refractivity contribution in [2.45, 2.75) is 19.5 Å². The summed E-state index contributed by atoms with van der Waals surface area (Å²) >= 11 is 1.63. The van der Waals surface area contributed by atoms with Crippen molar-refractivity contribution in [3.05, 3.63) is 70.2 Å². The number of esters is 1. The van der Waals surface area contributed by atoms with Crippen molar-refractivity contribution < 1.29 is 23.8 Å². The minimum atomic E-state index is -0.566. The fourth-order valence-corrected chi connectivity index (χ4v) is 4.58. The summed E-state index contributed by atoms with van der Waals surface area (Å²) in [7, 11) is 4.38. The van der Waals surface area contributed by atoms with Gasteiger partial charge >= 0.3 is 5.97 Å². The topological polar surface area (TPSA) is 104 Å². The molecule has 10 heteroatoms. The second-order valence-electron chi connectivity index (χ2n) is 8.03. The maximum absolute atomic E-state index is 12.9. The molecule has 36 heavy (non-hydrogen) atoms. The Morgan fingerprint density at radius 3 is 2.56 bits per heavy atom. The first-order valence-corrected chi connectivity index (χ1v) is 12.3. The van der Waals surface area contributed by atoms with Crippen LogP contribution in [0.3, 0.4) is 0 Å². The summed E-state index contributed by atoms with van der Waals surface area (Å²) in [6.07, 6.45) is 2.35. The third kappa shape index (κ3) is 5.67. The van der Waals surface area contributed by atoms with Crippen LogP contribution in [-0.4, -0.2) is 49.4 Å². The summed E-state index contributed by atoms with van der Waals surface area (Å²) in [6.45, 7) is 0.925. The van der Waals surface area contributed by atoms with E-state index in [-0.39, 0.29) is 18.2 Å². The molecule has 1 amide bonds. The van der Waals surface area contributed by atoms with Crippen LogP contribution in [0.4, 0.5) is 11.4 Å². The molecule has 0 aliphatic carbocycles. The monoisotopic (exact) mass is 508 g/mol. The van der Waals surface area contributed by atoms with E-state index in [2.05, 4.69) is 21.0 Å². The number of methoxy groups -OCH3 is 3. The molecular formula is C26H28N4O5S. The highest BCUT2D eigenvalue weighted by Gasteiger charge is 2.26. The number of rotatable bonds is 11. The molecule has 0 radical (unpaired) electrons. The molecule has 2 N–H and O–H groups in total. The molecule has 0 fully saturated rings. The van der Waals surface area contributed by atoms with Crippen LogP contribution in [0.5, 0.6) is 5.75 Å². The van der Waals surface area contributed by atoms with Crippen molar-refractivity contribution in [1.29, 1.82) is 0 Å². The Bertz CT molecular complexity index is 1330. The van der Waals surface area contributed by atoms with Crippen molar-refractivity contribution in [3.63, 3.8) is 0 Å². The van der Waals surface area contributed by atoms with Crippen molar-refractivity contribution >= 4 is 45.6 Å². The van der Waals surface area contributed by atoms with Crippen LogP contribution < -0.4 is 15.4 Å². The smallest absolute Gasteiger partial charge is 0.356 e. The molecular weight excluding hydrogens is 480 g/mol. The summed E-state index contributed by atoms with van der Waals surface area (Å²) in [5, 5.41) is 10.9. The van der Waals surface area contributed by atoms with E-state index >= 15 is 0 Å². The third-order valence-electron chi connectivity index (χ3n) is 5.68. The number of benzene rings is 1. The highest BCUT2D eigenvalue weighted by Crippen LogP contribution is 2.33. The Kier molecular flexibility index (Phi) is 8.19. The summed E-state index contributed by atoms with van der Waals surface area (Å²) < 4.78 is 17.1. The summed E-state index contributed by atoms with van der Waals surface area (Å²) in [5.41, 5.74) is 4.12. The molecule has 1 aromatic carbocycles. The molecule has 4 rings (SSSR count). The average molecular weight is 509 g/mol. The fraction of sp³-hybridized carbons (Fsp3) is 0.269. The number of hydrogen-bond donors (Lipinski definition) is 2. The van der Waals surface area contributed by atoms with E-state index in [4.69, 9.17) is 14.2 Å². The van der Waals surface area contributed by atoms with Crippen molar-refractivity contribution in [1.82, 2.24) is 9.55 Å². The summed E-state index contributed by atoms with van der Waals surface area (Å²) in [5.74, 6) is -0.176. The first kappa shape index (κ1) is 25.2. The molecule has 3 aromatic heterocycles. The zero-order chi connectivity index (χ0) is 25.5. The highest BCUT2D eigenvalue weighted by atomic mass is 32.1. The largest absolute Gasteiger partial charge is 0.497 e. The van der Waals surface area contributed by atoms with E-state index in [1.807, 2.05) is 41.8 Å². The Morgan fingerprint density at radius 1 is 1.08 bits per heavy atom. The molecule has 0 bridgehead atoms. The van der Waals surface area contributed by atoms with Crippen LogP contribution in [0.15, 0.2) is 53.4 Å². The van der Waals surface area contributed by atoms with Gasteiger partial charge in [-0.05, 0) is 52.6 Å². The number of carbonyl (C=O) groups is 2. The van der Waals surface area contributed by atoms with Crippen LogP contribution in [0.1, 0.15) is 21.6 Å².